The standard InChI is InChI=1S/C5H5BrN4O/c6-2-1-9-5(8)10-3(2)4(7)11/h1H,(H2,7,11)(H2,8,9,10). The monoisotopic (exact) mass is 216 g/mol. The van der Waals surface area contributed by atoms with Crippen molar-refractivity contribution in [1.29, 1.82) is 0 Å². The van der Waals surface area contributed by atoms with Gasteiger partial charge in [-0.3, -0.25) is 4.79 Å². The van der Waals surface area contributed by atoms with Gasteiger partial charge in [-0.05, 0) is 15.9 Å². The molecule has 1 aromatic heterocycles. The quantitative estimate of drug-likeness (QED) is 0.687. The molecule has 6 heteroatoms. The number of primary amides is 1. The highest BCUT2D eigenvalue weighted by molar-refractivity contribution is 9.10. The molecule has 0 saturated carbocycles. The van der Waals surface area contributed by atoms with Gasteiger partial charge in [-0.1, -0.05) is 0 Å². The van der Waals surface area contributed by atoms with Crippen LogP contribution in [0.25, 0.3) is 0 Å². The van der Waals surface area contributed by atoms with Gasteiger partial charge in [0.2, 0.25) is 5.95 Å². The van der Waals surface area contributed by atoms with Gasteiger partial charge in [0.15, 0.2) is 0 Å². The Kier molecular flexibility index (Phi) is 2.04. The van der Waals surface area contributed by atoms with Crippen molar-refractivity contribution in [3.8, 4) is 0 Å². The van der Waals surface area contributed by atoms with Gasteiger partial charge in [0.05, 0.1) is 4.47 Å². The average Bonchev–Trinajstić information content (AvgIpc) is 1.94. The van der Waals surface area contributed by atoms with Gasteiger partial charge in [0, 0.05) is 6.20 Å². The Labute approximate surface area is 70.9 Å². The normalized spacial score (nSPS) is 9.55. The third-order valence-electron chi connectivity index (χ3n) is 0.996. The molecular weight excluding hydrogens is 212 g/mol. The maximum Gasteiger partial charge on any atom is 0.268 e. The van der Waals surface area contributed by atoms with Crippen LogP contribution in [-0.2, 0) is 0 Å². The maximum absolute atomic E-state index is 10.6. The summed E-state index contributed by atoms with van der Waals surface area (Å²) >= 11 is 3.05. The van der Waals surface area contributed by atoms with Gasteiger partial charge in [-0.15, -0.1) is 0 Å². The van der Waals surface area contributed by atoms with Crippen LogP contribution in [0.15, 0.2) is 10.7 Å². The van der Waals surface area contributed by atoms with Gasteiger partial charge in [0.1, 0.15) is 5.69 Å². The molecule has 1 aromatic rings. The molecule has 0 unspecified atom stereocenters. The van der Waals surface area contributed by atoms with Crippen LogP contribution in [-0.4, -0.2) is 15.9 Å². The van der Waals surface area contributed by atoms with Gasteiger partial charge < -0.3 is 11.5 Å². The van der Waals surface area contributed by atoms with Gasteiger partial charge in [-0.25, -0.2) is 9.97 Å². The van der Waals surface area contributed by atoms with Crippen molar-refractivity contribution in [1.82, 2.24) is 9.97 Å². The van der Waals surface area contributed by atoms with E-state index in [0.717, 1.165) is 0 Å². The largest absolute Gasteiger partial charge is 0.368 e. The first kappa shape index (κ1) is 7.93. The summed E-state index contributed by atoms with van der Waals surface area (Å²) in [4.78, 5) is 17.9. The molecule has 1 rings (SSSR count). The van der Waals surface area contributed by atoms with Crippen LogP contribution in [0.5, 0.6) is 0 Å². The van der Waals surface area contributed by atoms with Gasteiger partial charge in [-0.2, -0.15) is 0 Å². The lowest BCUT2D eigenvalue weighted by Gasteiger charge is -1.97. The molecule has 0 atom stereocenters. The molecule has 1 heterocycles. The minimum absolute atomic E-state index is 0.0296. The molecule has 5 nitrogen and oxygen atoms in total. The van der Waals surface area contributed by atoms with Crippen LogP contribution in [0.3, 0.4) is 0 Å². The van der Waals surface area contributed by atoms with Crippen LogP contribution < -0.4 is 11.5 Å². The summed E-state index contributed by atoms with van der Waals surface area (Å²) in [7, 11) is 0. The molecule has 0 spiro atoms. The zero-order valence-electron chi connectivity index (χ0n) is 5.41. The number of amides is 1. The minimum atomic E-state index is -0.633. The van der Waals surface area contributed by atoms with Gasteiger partial charge >= 0.3 is 0 Å². The number of nitrogens with two attached hydrogens (primary N) is 2. The topological polar surface area (TPSA) is 94.9 Å². The number of halogens is 1. The fraction of sp³-hybridized carbons (Fsp3) is 0. The first-order valence-corrected chi connectivity index (χ1v) is 3.48. The number of rotatable bonds is 1. The van der Waals surface area contributed by atoms with E-state index in [4.69, 9.17) is 11.5 Å². The van der Waals surface area contributed by atoms with Crippen LogP contribution in [0.2, 0.25) is 0 Å². The summed E-state index contributed by atoms with van der Waals surface area (Å²) in [6, 6.07) is 0. The van der Waals surface area contributed by atoms with E-state index in [-0.39, 0.29) is 11.6 Å². The minimum Gasteiger partial charge on any atom is -0.368 e. The number of anilines is 1. The molecule has 0 fully saturated rings. The number of aromatic nitrogens is 2. The lowest BCUT2D eigenvalue weighted by atomic mass is 10.4. The van der Waals surface area contributed by atoms with E-state index in [1.165, 1.54) is 6.20 Å². The Hall–Kier alpha value is -1.17. The van der Waals surface area contributed by atoms with E-state index >= 15 is 0 Å². The number of carbonyl (C=O) groups is 1. The molecule has 58 valence electrons. The van der Waals surface area contributed by atoms with Crippen LogP contribution >= 0.6 is 15.9 Å². The molecule has 0 aliphatic carbocycles. The fourth-order valence-electron chi connectivity index (χ4n) is 0.554. The molecule has 0 saturated heterocycles. The highest BCUT2D eigenvalue weighted by atomic mass is 79.9. The first-order valence-electron chi connectivity index (χ1n) is 2.69. The summed E-state index contributed by atoms with van der Waals surface area (Å²) in [5.74, 6) is -0.604. The van der Waals surface area contributed by atoms with E-state index < -0.39 is 5.91 Å². The predicted molar refractivity (Wildman–Crippen MR) is 42.7 cm³/mol. The first-order chi connectivity index (χ1) is 5.11. The molecule has 11 heavy (non-hydrogen) atoms. The van der Waals surface area contributed by atoms with Gasteiger partial charge in [0.25, 0.3) is 5.91 Å². The van der Waals surface area contributed by atoms with E-state index in [1.807, 2.05) is 0 Å². The molecule has 0 aliphatic heterocycles. The number of carbonyl (C=O) groups excluding carboxylic acids is 1. The Morgan fingerprint density at radius 2 is 2.27 bits per heavy atom. The number of nitrogen functional groups attached to an aromatic ring is 1. The number of hydrogen-bond donors (Lipinski definition) is 2. The smallest absolute Gasteiger partial charge is 0.268 e. The van der Waals surface area contributed by atoms with Crippen molar-refractivity contribution < 1.29 is 4.79 Å². The van der Waals surface area contributed by atoms with Crippen molar-refractivity contribution in [2.45, 2.75) is 0 Å². The van der Waals surface area contributed by atoms with Crippen molar-refractivity contribution in [3.05, 3.63) is 16.4 Å². The van der Waals surface area contributed by atoms with E-state index in [1.54, 1.807) is 0 Å². The Balaban J connectivity index is 3.23. The SMILES string of the molecule is NC(=O)c1nc(N)ncc1Br. The molecule has 0 aromatic carbocycles. The van der Waals surface area contributed by atoms with E-state index in [0.29, 0.717) is 4.47 Å². The van der Waals surface area contributed by atoms with E-state index in [9.17, 15) is 4.79 Å². The highest BCUT2D eigenvalue weighted by Crippen LogP contribution is 2.12. The second kappa shape index (κ2) is 2.83. The zero-order valence-corrected chi connectivity index (χ0v) is 7.00. The molecule has 0 bridgehead atoms. The average molecular weight is 217 g/mol. The second-order valence-electron chi connectivity index (χ2n) is 1.79. The number of nitrogens with zero attached hydrogens (tertiary/aromatic N) is 2. The van der Waals surface area contributed by atoms with Crippen molar-refractivity contribution in [3.63, 3.8) is 0 Å². The highest BCUT2D eigenvalue weighted by Gasteiger charge is 2.07. The maximum atomic E-state index is 10.6. The zero-order chi connectivity index (χ0) is 8.43. The Morgan fingerprint density at radius 3 is 2.73 bits per heavy atom. The summed E-state index contributed by atoms with van der Waals surface area (Å²) in [5, 5.41) is 0. The summed E-state index contributed by atoms with van der Waals surface area (Å²) in [6.45, 7) is 0. The Morgan fingerprint density at radius 1 is 1.64 bits per heavy atom. The predicted octanol–water partition coefficient (Wildman–Crippen LogP) is -0.0798. The van der Waals surface area contributed by atoms with Crippen LogP contribution in [0, 0.1) is 0 Å². The van der Waals surface area contributed by atoms with Crippen LogP contribution in [0.1, 0.15) is 10.5 Å². The van der Waals surface area contributed by atoms with Crippen molar-refractivity contribution in [2.24, 2.45) is 5.73 Å². The van der Waals surface area contributed by atoms with Crippen molar-refractivity contribution in [2.75, 3.05) is 5.73 Å². The molecule has 0 aliphatic rings. The molecule has 0 radical (unpaired) electrons. The van der Waals surface area contributed by atoms with Crippen molar-refractivity contribution >= 4 is 27.8 Å². The number of hydrogen-bond acceptors (Lipinski definition) is 4. The molecular formula is C5H5BrN4O. The summed E-state index contributed by atoms with van der Waals surface area (Å²) in [6.07, 6.45) is 1.38. The van der Waals surface area contributed by atoms with Crippen LogP contribution in [0.4, 0.5) is 5.95 Å². The summed E-state index contributed by atoms with van der Waals surface area (Å²) in [5.41, 5.74) is 10.3. The molecule has 1 amide bonds. The molecule has 4 N–H and O–H groups in total. The van der Waals surface area contributed by atoms with E-state index in [2.05, 4.69) is 25.9 Å². The summed E-state index contributed by atoms with van der Waals surface area (Å²) < 4.78 is 0.444. The second-order valence-corrected chi connectivity index (χ2v) is 2.64. The lowest BCUT2D eigenvalue weighted by molar-refractivity contribution is 0.0994. The fourth-order valence-corrected chi connectivity index (χ4v) is 0.940. The third-order valence-corrected chi connectivity index (χ3v) is 1.58. The Bertz CT molecular complexity index is 301. The lowest BCUT2D eigenvalue weighted by Crippen LogP contribution is -2.15. The third kappa shape index (κ3) is 1.64.